The second-order valence-electron chi connectivity index (χ2n) is 5.56. The minimum atomic E-state index is 0.566. The maximum absolute atomic E-state index is 6.47. The van der Waals surface area contributed by atoms with Crippen LogP contribution in [0.4, 0.5) is 0 Å². The van der Waals surface area contributed by atoms with Gasteiger partial charge in [0.1, 0.15) is 0 Å². The van der Waals surface area contributed by atoms with E-state index >= 15 is 0 Å². The summed E-state index contributed by atoms with van der Waals surface area (Å²) in [6, 6.07) is 7.49. The zero-order valence-electron chi connectivity index (χ0n) is 13.4. The van der Waals surface area contributed by atoms with Crippen molar-refractivity contribution in [1.29, 1.82) is 0 Å². The first-order valence-electron chi connectivity index (χ1n) is 7.85. The lowest BCUT2D eigenvalue weighted by Crippen LogP contribution is -2.00. The van der Waals surface area contributed by atoms with Crippen LogP contribution in [-0.2, 0) is 6.42 Å². The average Bonchev–Trinajstić information content (AvgIpc) is 2.99. The van der Waals surface area contributed by atoms with Crippen LogP contribution in [0.25, 0.3) is 22.2 Å². The molecule has 3 N–H and O–H groups in total. The second kappa shape index (κ2) is 7.43. The average molecular weight is 364 g/mol. The van der Waals surface area contributed by atoms with Gasteiger partial charge in [-0.05, 0) is 55.6 Å². The van der Waals surface area contributed by atoms with E-state index in [4.69, 9.17) is 33.7 Å². The molecule has 4 nitrogen and oxygen atoms in total. The molecule has 0 aliphatic rings. The lowest BCUT2D eigenvalue weighted by molar-refractivity contribution is 0.399. The highest BCUT2D eigenvalue weighted by molar-refractivity contribution is 6.40. The number of ether oxygens (including phenoxy) is 1. The van der Waals surface area contributed by atoms with Crippen molar-refractivity contribution in [3.05, 3.63) is 46.1 Å². The normalized spacial score (nSPS) is 11.2. The maximum Gasteiger partial charge on any atom is 0.222 e. The number of hydrogen-bond acceptors (Lipinski definition) is 3. The number of hydrogen-bond donors (Lipinski definition) is 2. The SMILES string of the molecule is COc1ncccc1-c1[nH]c2c(Cl)ccc(Cl)c2c1CCCCN. The van der Waals surface area contributed by atoms with Gasteiger partial charge in [-0.3, -0.25) is 0 Å². The van der Waals surface area contributed by atoms with Gasteiger partial charge in [0.15, 0.2) is 0 Å². The molecule has 0 saturated carbocycles. The van der Waals surface area contributed by atoms with Crippen molar-refractivity contribution in [2.45, 2.75) is 19.3 Å². The number of methoxy groups -OCH3 is 1. The second-order valence-corrected chi connectivity index (χ2v) is 6.38. The van der Waals surface area contributed by atoms with Crippen molar-refractivity contribution in [3.8, 4) is 17.1 Å². The molecular formula is C18H19Cl2N3O. The molecule has 2 aromatic heterocycles. The summed E-state index contributed by atoms with van der Waals surface area (Å²) < 4.78 is 5.42. The van der Waals surface area contributed by atoms with Crippen LogP contribution in [0.2, 0.25) is 10.0 Å². The fraction of sp³-hybridized carbons (Fsp3) is 0.278. The van der Waals surface area contributed by atoms with Crippen LogP contribution in [0.1, 0.15) is 18.4 Å². The number of halogens is 2. The monoisotopic (exact) mass is 363 g/mol. The van der Waals surface area contributed by atoms with Crippen LogP contribution in [0.5, 0.6) is 5.88 Å². The number of pyridine rings is 1. The number of nitrogens with zero attached hydrogens (tertiary/aromatic N) is 1. The van der Waals surface area contributed by atoms with E-state index in [1.54, 1.807) is 19.4 Å². The highest BCUT2D eigenvalue weighted by Gasteiger charge is 2.19. The minimum absolute atomic E-state index is 0.566. The van der Waals surface area contributed by atoms with Crippen molar-refractivity contribution in [1.82, 2.24) is 9.97 Å². The summed E-state index contributed by atoms with van der Waals surface area (Å²) >= 11 is 12.9. The van der Waals surface area contributed by atoms with Crippen LogP contribution < -0.4 is 10.5 Å². The summed E-state index contributed by atoms with van der Waals surface area (Å²) in [5.74, 6) is 0.566. The van der Waals surface area contributed by atoms with Crippen molar-refractivity contribution in [2.24, 2.45) is 5.73 Å². The summed E-state index contributed by atoms with van der Waals surface area (Å²) in [5, 5.41) is 2.29. The topological polar surface area (TPSA) is 63.9 Å². The summed E-state index contributed by atoms with van der Waals surface area (Å²) in [6.45, 7) is 0.669. The van der Waals surface area contributed by atoms with Crippen molar-refractivity contribution in [2.75, 3.05) is 13.7 Å². The highest BCUT2D eigenvalue weighted by Crippen LogP contribution is 2.40. The Hall–Kier alpha value is -1.75. The molecule has 0 bridgehead atoms. The van der Waals surface area contributed by atoms with E-state index in [-0.39, 0.29) is 0 Å². The third kappa shape index (κ3) is 3.09. The predicted octanol–water partition coefficient (Wildman–Crippen LogP) is 4.83. The minimum Gasteiger partial charge on any atom is -0.481 e. The van der Waals surface area contributed by atoms with Gasteiger partial charge in [-0.1, -0.05) is 23.2 Å². The number of unbranched alkanes of at least 4 members (excludes halogenated alkanes) is 1. The quantitative estimate of drug-likeness (QED) is 0.616. The first-order chi connectivity index (χ1) is 11.7. The van der Waals surface area contributed by atoms with E-state index in [2.05, 4.69) is 9.97 Å². The van der Waals surface area contributed by atoms with E-state index in [9.17, 15) is 0 Å². The number of nitrogens with two attached hydrogens (primary N) is 1. The van der Waals surface area contributed by atoms with Gasteiger partial charge in [-0.2, -0.15) is 0 Å². The molecule has 3 rings (SSSR count). The fourth-order valence-corrected chi connectivity index (χ4v) is 3.44. The van der Waals surface area contributed by atoms with Gasteiger partial charge >= 0.3 is 0 Å². The fourth-order valence-electron chi connectivity index (χ4n) is 2.96. The standard InChI is InChI=1S/C18H19Cl2N3O/c1-24-18-12(6-4-10-22-18)16-11(5-2-3-9-21)15-13(19)7-8-14(20)17(15)23-16/h4,6-8,10,23H,2-3,5,9,21H2,1H3. The number of nitrogens with one attached hydrogen (secondary N) is 1. The number of H-pyrrole nitrogens is 1. The van der Waals surface area contributed by atoms with Crippen molar-refractivity contribution < 1.29 is 4.74 Å². The van der Waals surface area contributed by atoms with E-state index in [0.29, 0.717) is 22.5 Å². The lowest BCUT2D eigenvalue weighted by atomic mass is 10.0. The Bertz CT molecular complexity index is 861. The van der Waals surface area contributed by atoms with Crippen LogP contribution in [0.3, 0.4) is 0 Å². The largest absolute Gasteiger partial charge is 0.481 e. The molecule has 0 aliphatic heterocycles. The third-order valence-corrected chi connectivity index (χ3v) is 4.70. The molecule has 0 unspecified atom stereocenters. The molecule has 0 fully saturated rings. The van der Waals surface area contributed by atoms with E-state index in [1.807, 2.05) is 18.2 Å². The molecule has 126 valence electrons. The van der Waals surface area contributed by atoms with Gasteiger partial charge in [0.25, 0.3) is 0 Å². The third-order valence-electron chi connectivity index (χ3n) is 4.07. The van der Waals surface area contributed by atoms with Gasteiger partial charge in [-0.15, -0.1) is 0 Å². The number of fused-ring (bicyclic) bond motifs is 1. The molecular weight excluding hydrogens is 345 g/mol. The van der Waals surface area contributed by atoms with Crippen molar-refractivity contribution >= 4 is 34.1 Å². The summed E-state index contributed by atoms with van der Waals surface area (Å²) in [4.78, 5) is 7.72. The zero-order valence-corrected chi connectivity index (χ0v) is 14.9. The first kappa shape index (κ1) is 17.1. The Kier molecular flexibility index (Phi) is 5.29. The van der Waals surface area contributed by atoms with Crippen molar-refractivity contribution in [3.63, 3.8) is 0 Å². The van der Waals surface area contributed by atoms with E-state index in [0.717, 1.165) is 47.0 Å². The van der Waals surface area contributed by atoms with Crippen LogP contribution >= 0.6 is 23.2 Å². The van der Waals surface area contributed by atoms with Gasteiger partial charge in [0.2, 0.25) is 5.88 Å². The molecule has 24 heavy (non-hydrogen) atoms. The summed E-state index contributed by atoms with van der Waals surface area (Å²) in [7, 11) is 1.61. The molecule has 1 aromatic carbocycles. The Balaban J connectivity index is 2.24. The van der Waals surface area contributed by atoms with Gasteiger partial charge in [0, 0.05) is 11.6 Å². The molecule has 3 aromatic rings. The zero-order chi connectivity index (χ0) is 17.1. The number of aryl methyl sites for hydroxylation is 1. The lowest BCUT2D eigenvalue weighted by Gasteiger charge is -2.09. The Labute approximate surface area is 150 Å². The Morgan fingerprint density at radius 3 is 2.71 bits per heavy atom. The number of rotatable bonds is 6. The molecule has 0 amide bonds. The maximum atomic E-state index is 6.47. The summed E-state index contributed by atoms with van der Waals surface area (Å²) in [5.41, 5.74) is 9.45. The first-order valence-corrected chi connectivity index (χ1v) is 8.61. The molecule has 2 heterocycles. The Morgan fingerprint density at radius 1 is 1.17 bits per heavy atom. The van der Waals surface area contributed by atoms with E-state index in [1.165, 1.54) is 0 Å². The molecule has 0 atom stereocenters. The van der Waals surface area contributed by atoms with E-state index < -0.39 is 0 Å². The molecule has 0 radical (unpaired) electrons. The van der Waals surface area contributed by atoms with Gasteiger partial charge < -0.3 is 15.5 Å². The van der Waals surface area contributed by atoms with Crippen LogP contribution in [0, 0.1) is 0 Å². The Morgan fingerprint density at radius 2 is 1.96 bits per heavy atom. The summed E-state index contributed by atoms with van der Waals surface area (Å²) in [6.07, 6.45) is 4.49. The highest BCUT2D eigenvalue weighted by atomic mass is 35.5. The molecule has 0 saturated heterocycles. The number of benzene rings is 1. The van der Waals surface area contributed by atoms with Crippen LogP contribution in [-0.4, -0.2) is 23.6 Å². The van der Waals surface area contributed by atoms with Gasteiger partial charge in [0.05, 0.1) is 33.9 Å². The number of aromatic nitrogens is 2. The molecule has 0 spiro atoms. The van der Waals surface area contributed by atoms with Crippen LogP contribution in [0.15, 0.2) is 30.5 Å². The van der Waals surface area contributed by atoms with Gasteiger partial charge in [-0.25, -0.2) is 4.98 Å². The molecule has 6 heteroatoms. The predicted molar refractivity (Wildman–Crippen MR) is 100 cm³/mol. The molecule has 0 aliphatic carbocycles. The number of aromatic amines is 1. The smallest absolute Gasteiger partial charge is 0.222 e.